The molecule has 0 amide bonds. The highest BCUT2D eigenvalue weighted by Crippen LogP contribution is 2.38. The highest BCUT2D eigenvalue weighted by molar-refractivity contribution is 7.86. The fraction of sp³-hybridized carbons (Fsp3) is 0.333. The molecule has 0 radical (unpaired) electrons. The second kappa shape index (κ2) is 7.69. The third-order valence-electron chi connectivity index (χ3n) is 4.17. The van der Waals surface area contributed by atoms with Crippen LogP contribution in [0.15, 0.2) is 60.7 Å². The summed E-state index contributed by atoms with van der Waals surface area (Å²) in [4.78, 5) is 1.78. The maximum absolute atomic E-state index is 11.7. The van der Waals surface area contributed by atoms with Gasteiger partial charge in [0.2, 0.25) is 0 Å². The third-order valence-corrected chi connectivity index (χ3v) is 5.31. The number of hydrogen-bond donors (Lipinski definition) is 0. The lowest BCUT2D eigenvalue weighted by Crippen LogP contribution is -2.64. The van der Waals surface area contributed by atoms with E-state index in [4.69, 9.17) is 8.37 Å². The Morgan fingerprint density at radius 3 is 1.67 bits per heavy atom. The van der Waals surface area contributed by atoms with Crippen LogP contribution in [0.25, 0.3) is 0 Å². The molecule has 0 bridgehead atoms. The van der Waals surface area contributed by atoms with Crippen molar-refractivity contribution in [1.82, 2.24) is 4.90 Å². The van der Waals surface area contributed by atoms with E-state index in [1.54, 1.807) is 4.90 Å². The van der Waals surface area contributed by atoms with Crippen LogP contribution in [-0.2, 0) is 28.6 Å². The summed E-state index contributed by atoms with van der Waals surface area (Å²) in [5, 5.41) is 0. The molecule has 1 aliphatic heterocycles. The highest BCUT2D eigenvalue weighted by atomic mass is 32.2. The van der Waals surface area contributed by atoms with Crippen LogP contribution in [0.4, 0.5) is 0 Å². The fourth-order valence-electron chi connectivity index (χ4n) is 3.17. The van der Waals surface area contributed by atoms with E-state index in [9.17, 15) is 16.8 Å². The van der Waals surface area contributed by atoms with Gasteiger partial charge in [-0.1, -0.05) is 60.7 Å². The van der Waals surface area contributed by atoms with Crippen molar-refractivity contribution in [2.75, 3.05) is 19.1 Å². The topological polar surface area (TPSA) is 90.0 Å². The maximum atomic E-state index is 11.7. The summed E-state index contributed by atoms with van der Waals surface area (Å²) in [5.41, 5.74) is 1.87. The van der Waals surface area contributed by atoms with Crippen molar-refractivity contribution < 1.29 is 25.2 Å². The molecule has 2 unspecified atom stereocenters. The van der Waals surface area contributed by atoms with E-state index < -0.39 is 32.6 Å². The number of hydrogen-bond acceptors (Lipinski definition) is 7. The average Bonchev–Trinajstić information content (AvgIpc) is 2.59. The fourth-order valence-corrected chi connectivity index (χ4v) is 4.37. The van der Waals surface area contributed by atoms with Crippen molar-refractivity contribution >= 4 is 20.2 Å². The molecule has 2 aromatic carbocycles. The van der Waals surface area contributed by atoms with Crippen LogP contribution < -0.4 is 0 Å². The molecule has 0 aliphatic carbocycles. The van der Waals surface area contributed by atoms with Crippen molar-refractivity contribution in [3.05, 3.63) is 71.8 Å². The molecule has 146 valence electrons. The molecular formula is C18H21NO6S2. The van der Waals surface area contributed by atoms with Crippen LogP contribution >= 0.6 is 0 Å². The second-order valence-corrected chi connectivity index (χ2v) is 9.65. The third kappa shape index (κ3) is 5.14. The molecular weight excluding hydrogens is 390 g/mol. The largest absolute Gasteiger partial charge is 0.266 e. The molecule has 7 nitrogen and oxygen atoms in total. The van der Waals surface area contributed by atoms with Gasteiger partial charge >= 0.3 is 0 Å². The minimum atomic E-state index is -3.82. The number of benzene rings is 2. The van der Waals surface area contributed by atoms with Gasteiger partial charge in [0.25, 0.3) is 20.2 Å². The highest BCUT2D eigenvalue weighted by Gasteiger charge is 2.48. The van der Waals surface area contributed by atoms with E-state index in [-0.39, 0.29) is 12.6 Å². The molecule has 2 atom stereocenters. The summed E-state index contributed by atoms with van der Waals surface area (Å²) >= 11 is 0. The van der Waals surface area contributed by atoms with Gasteiger partial charge < -0.3 is 0 Å². The van der Waals surface area contributed by atoms with Crippen LogP contribution in [0.5, 0.6) is 0 Å². The molecule has 2 aromatic rings. The lowest BCUT2D eigenvalue weighted by atomic mass is 9.93. The van der Waals surface area contributed by atoms with Gasteiger partial charge in [0.05, 0.1) is 18.6 Å². The molecule has 0 saturated carbocycles. The SMILES string of the molecule is CS(=O)(=O)OC1CN(C(c2ccccc2)c2ccccc2)C1OS(C)(=O)=O. The predicted molar refractivity (Wildman–Crippen MR) is 101 cm³/mol. The Morgan fingerprint density at radius 1 is 0.815 bits per heavy atom. The molecule has 0 spiro atoms. The van der Waals surface area contributed by atoms with Crippen LogP contribution in [0, 0.1) is 0 Å². The zero-order valence-corrected chi connectivity index (χ0v) is 16.6. The summed E-state index contributed by atoms with van der Waals surface area (Å²) in [7, 11) is -7.57. The van der Waals surface area contributed by atoms with Gasteiger partial charge in [0.1, 0.15) is 6.10 Å². The Labute approximate surface area is 159 Å². The molecule has 1 aliphatic rings. The summed E-state index contributed by atoms with van der Waals surface area (Å²) in [5.74, 6) is 0. The van der Waals surface area contributed by atoms with Crippen molar-refractivity contribution in [1.29, 1.82) is 0 Å². The van der Waals surface area contributed by atoms with Gasteiger partial charge in [0.15, 0.2) is 6.23 Å². The minimum absolute atomic E-state index is 0.210. The molecule has 0 aromatic heterocycles. The number of likely N-dealkylation sites (tertiary alicyclic amines) is 1. The van der Waals surface area contributed by atoms with E-state index in [0.717, 1.165) is 23.6 Å². The monoisotopic (exact) mass is 411 g/mol. The van der Waals surface area contributed by atoms with Crippen molar-refractivity contribution in [3.8, 4) is 0 Å². The summed E-state index contributed by atoms with van der Waals surface area (Å²) in [6.45, 7) is 0.210. The summed E-state index contributed by atoms with van der Waals surface area (Å²) in [6.07, 6.45) is -0.0788. The van der Waals surface area contributed by atoms with Gasteiger partial charge in [-0.05, 0) is 11.1 Å². The average molecular weight is 412 g/mol. The zero-order valence-electron chi connectivity index (χ0n) is 14.9. The Morgan fingerprint density at radius 2 is 1.26 bits per heavy atom. The van der Waals surface area contributed by atoms with Gasteiger partial charge in [-0.3, -0.25) is 9.08 Å². The predicted octanol–water partition coefficient (Wildman–Crippen LogP) is 1.74. The number of rotatable bonds is 7. The van der Waals surface area contributed by atoms with Crippen LogP contribution in [-0.4, -0.2) is 53.1 Å². The molecule has 1 fully saturated rings. The molecule has 3 rings (SSSR count). The number of nitrogens with zero attached hydrogens (tertiary/aromatic N) is 1. The summed E-state index contributed by atoms with van der Waals surface area (Å²) < 4.78 is 56.7. The molecule has 9 heteroatoms. The van der Waals surface area contributed by atoms with Crippen molar-refractivity contribution in [3.63, 3.8) is 0 Å². The Hall–Kier alpha value is -1.78. The van der Waals surface area contributed by atoms with E-state index in [1.807, 2.05) is 60.7 Å². The van der Waals surface area contributed by atoms with Gasteiger partial charge in [-0.15, -0.1) is 0 Å². The lowest BCUT2D eigenvalue weighted by molar-refractivity contribution is -0.153. The zero-order chi connectivity index (χ0) is 19.7. The maximum Gasteiger partial charge on any atom is 0.266 e. The summed E-state index contributed by atoms with van der Waals surface area (Å²) in [6, 6.07) is 18.8. The van der Waals surface area contributed by atoms with E-state index in [1.165, 1.54) is 0 Å². The smallest absolute Gasteiger partial charge is 0.261 e. The first-order valence-electron chi connectivity index (χ1n) is 8.26. The van der Waals surface area contributed by atoms with E-state index in [0.29, 0.717) is 0 Å². The molecule has 0 N–H and O–H groups in total. The Bertz CT molecular complexity index is 938. The first-order valence-corrected chi connectivity index (χ1v) is 11.9. The minimum Gasteiger partial charge on any atom is -0.261 e. The standard InChI is InChI=1S/C18H21NO6S2/c1-26(20,21)24-16-13-19(18(16)25-27(2,22)23)17(14-9-5-3-6-10-14)15-11-7-4-8-12-15/h3-12,16-18H,13H2,1-2H3. The van der Waals surface area contributed by atoms with Gasteiger partial charge in [-0.2, -0.15) is 16.8 Å². The van der Waals surface area contributed by atoms with Crippen LogP contribution in [0.3, 0.4) is 0 Å². The van der Waals surface area contributed by atoms with Crippen LogP contribution in [0.2, 0.25) is 0 Å². The first-order chi connectivity index (χ1) is 12.6. The van der Waals surface area contributed by atoms with E-state index in [2.05, 4.69) is 0 Å². The van der Waals surface area contributed by atoms with E-state index >= 15 is 0 Å². The molecule has 1 heterocycles. The first kappa shape index (κ1) is 20.0. The quantitative estimate of drug-likeness (QED) is 0.641. The van der Waals surface area contributed by atoms with Crippen molar-refractivity contribution in [2.45, 2.75) is 18.4 Å². The van der Waals surface area contributed by atoms with Gasteiger partial charge in [0, 0.05) is 6.54 Å². The Kier molecular flexibility index (Phi) is 5.68. The lowest BCUT2D eigenvalue weighted by Gasteiger charge is -2.49. The van der Waals surface area contributed by atoms with Crippen LogP contribution in [0.1, 0.15) is 17.2 Å². The molecule has 27 heavy (non-hydrogen) atoms. The second-order valence-electron chi connectivity index (χ2n) is 6.45. The Balaban J connectivity index is 1.98. The molecule has 1 saturated heterocycles. The normalized spacial score (nSPS) is 21.1. The van der Waals surface area contributed by atoms with Crippen molar-refractivity contribution in [2.24, 2.45) is 0 Å². The van der Waals surface area contributed by atoms with Gasteiger partial charge in [-0.25, -0.2) is 4.18 Å².